The molecular formula is C10H12N2. The van der Waals surface area contributed by atoms with E-state index in [1.807, 2.05) is 13.1 Å². The minimum absolute atomic E-state index is 0.836. The SMILES string of the molecule is C=CC=Nc1[nH]cc(C)c1C=C. The van der Waals surface area contributed by atoms with Crippen molar-refractivity contribution in [1.29, 1.82) is 0 Å². The minimum atomic E-state index is 0.836. The van der Waals surface area contributed by atoms with Crippen LogP contribution in [0.3, 0.4) is 0 Å². The van der Waals surface area contributed by atoms with Crippen molar-refractivity contribution < 1.29 is 0 Å². The van der Waals surface area contributed by atoms with Gasteiger partial charge in [0, 0.05) is 18.0 Å². The van der Waals surface area contributed by atoms with Crippen LogP contribution in [-0.2, 0) is 0 Å². The van der Waals surface area contributed by atoms with Crippen LogP contribution < -0.4 is 0 Å². The van der Waals surface area contributed by atoms with E-state index in [1.54, 1.807) is 18.4 Å². The summed E-state index contributed by atoms with van der Waals surface area (Å²) in [5, 5.41) is 0. The molecule has 2 nitrogen and oxygen atoms in total. The van der Waals surface area contributed by atoms with Crippen molar-refractivity contribution in [3.63, 3.8) is 0 Å². The lowest BCUT2D eigenvalue weighted by Gasteiger charge is -1.91. The third-order valence-electron chi connectivity index (χ3n) is 1.62. The average Bonchev–Trinajstić information content (AvgIpc) is 2.43. The lowest BCUT2D eigenvalue weighted by Crippen LogP contribution is -1.71. The van der Waals surface area contributed by atoms with E-state index in [2.05, 4.69) is 23.1 Å². The van der Waals surface area contributed by atoms with E-state index in [1.165, 1.54) is 0 Å². The van der Waals surface area contributed by atoms with Crippen molar-refractivity contribution >= 4 is 18.1 Å². The minimum Gasteiger partial charge on any atom is -0.346 e. The van der Waals surface area contributed by atoms with Crippen LogP contribution in [0.2, 0.25) is 0 Å². The van der Waals surface area contributed by atoms with Gasteiger partial charge in [0.15, 0.2) is 0 Å². The predicted molar refractivity (Wildman–Crippen MR) is 54.0 cm³/mol. The number of aromatic amines is 1. The molecule has 0 bridgehead atoms. The van der Waals surface area contributed by atoms with E-state index in [9.17, 15) is 0 Å². The number of hydrogen-bond acceptors (Lipinski definition) is 1. The molecule has 1 N–H and O–H groups in total. The Hall–Kier alpha value is -1.57. The van der Waals surface area contributed by atoms with E-state index in [0.717, 1.165) is 16.9 Å². The fourth-order valence-corrected chi connectivity index (χ4v) is 1.01. The molecule has 0 saturated heterocycles. The molecule has 0 aliphatic rings. The third kappa shape index (κ3) is 1.53. The Balaban J connectivity index is 3.06. The molecule has 1 rings (SSSR count). The second kappa shape index (κ2) is 3.72. The summed E-state index contributed by atoms with van der Waals surface area (Å²) in [4.78, 5) is 7.19. The number of nitrogens with zero attached hydrogens (tertiary/aromatic N) is 1. The molecule has 0 saturated carbocycles. The predicted octanol–water partition coefficient (Wildman–Crippen LogP) is 2.85. The first kappa shape index (κ1) is 8.53. The Morgan fingerprint density at radius 1 is 1.50 bits per heavy atom. The van der Waals surface area contributed by atoms with Crippen molar-refractivity contribution in [2.24, 2.45) is 4.99 Å². The number of aliphatic imine (C=N–C) groups is 1. The second-order valence-electron chi connectivity index (χ2n) is 2.45. The van der Waals surface area contributed by atoms with Crippen molar-refractivity contribution in [3.05, 3.63) is 36.6 Å². The van der Waals surface area contributed by atoms with E-state index >= 15 is 0 Å². The fourth-order valence-electron chi connectivity index (χ4n) is 1.01. The molecule has 1 aromatic rings. The van der Waals surface area contributed by atoms with E-state index in [4.69, 9.17) is 0 Å². The quantitative estimate of drug-likeness (QED) is 0.658. The smallest absolute Gasteiger partial charge is 0.137 e. The summed E-state index contributed by atoms with van der Waals surface area (Å²) in [6.07, 6.45) is 7.00. The van der Waals surface area contributed by atoms with Crippen LogP contribution in [0.15, 0.2) is 30.4 Å². The molecule has 1 aromatic heterocycles. The molecule has 1 heterocycles. The zero-order valence-electron chi connectivity index (χ0n) is 7.17. The van der Waals surface area contributed by atoms with Gasteiger partial charge in [-0.3, -0.25) is 0 Å². The summed E-state index contributed by atoms with van der Waals surface area (Å²) in [5.74, 6) is 0.836. The van der Waals surface area contributed by atoms with Crippen LogP contribution in [0.5, 0.6) is 0 Å². The molecule has 0 aromatic carbocycles. The van der Waals surface area contributed by atoms with Gasteiger partial charge < -0.3 is 4.98 Å². The molecule has 12 heavy (non-hydrogen) atoms. The van der Waals surface area contributed by atoms with Gasteiger partial charge in [-0.1, -0.05) is 25.3 Å². The average molecular weight is 160 g/mol. The Morgan fingerprint density at radius 3 is 2.83 bits per heavy atom. The Morgan fingerprint density at radius 2 is 2.25 bits per heavy atom. The Labute approximate surface area is 72.3 Å². The van der Waals surface area contributed by atoms with E-state index in [0.29, 0.717) is 0 Å². The summed E-state index contributed by atoms with van der Waals surface area (Å²) in [7, 11) is 0. The maximum atomic E-state index is 4.15. The largest absolute Gasteiger partial charge is 0.346 e. The molecule has 0 amide bonds. The van der Waals surface area contributed by atoms with Crippen LogP contribution in [0, 0.1) is 6.92 Å². The van der Waals surface area contributed by atoms with Crippen LogP contribution in [0.25, 0.3) is 6.08 Å². The van der Waals surface area contributed by atoms with Crippen LogP contribution in [0.1, 0.15) is 11.1 Å². The molecule has 2 heteroatoms. The molecule has 62 valence electrons. The van der Waals surface area contributed by atoms with Crippen LogP contribution >= 0.6 is 0 Å². The lowest BCUT2D eigenvalue weighted by molar-refractivity contribution is 1.34. The summed E-state index contributed by atoms with van der Waals surface area (Å²) >= 11 is 0. The number of aromatic nitrogens is 1. The normalized spacial score (nSPS) is 10.4. The molecule has 0 aliphatic carbocycles. The third-order valence-corrected chi connectivity index (χ3v) is 1.62. The molecule has 0 fully saturated rings. The highest BCUT2D eigenvalue weighted by molar-refractivity contribution is 5.76. The number of hydrogen-bond donors (Lipinski definition) is 1. The molecule has 0 spiro atoms. The molecular weight excluding hydrogens is 148 g/mol. The number of nitrogens with one attached hydrogen (secondary N) is 1. The summed E-state index contributed by atoms with van der Waals surface area (Å²) in [5.41, 5.74) is 2.20. The maximum Gasteiger partial charge on any atom is 0.137 e. The topological polar surface area (TPSA) is 28.1 Å². The van der Waals surface area contributed by atoms with Crippen molar-refractivity contribution in [2.45, 2.75) is 6.92 Å². The highest BCUT2D eigenvalue weighted by Crippen LogP contribution is 2.21. The zero-order chi connectivity index (χ0) is 8.97. The summed E-state index contributed by atoms with van der Waals surface area (Å²) in [6.45, 7) is 9.28. The lowest BCUT2D eigenvalue weighted by atomic mass is 10.2. The molecule has 0 unspecified atom stereocenters. The van der Waals surface area contributed by atoms with Gasteiger partial charge >= 0.3 is 0 Å². The number of rotatable bonds is 3. The summed E-state index contributed by atoms with van der Waals surface area (Å²) < 4.78 is 0. The van der Waals surface area contributed by atoms with E-state index < -0.39 is 0 Å². The van der Waals surface area contributed by atoms with Crippen LogP contribution in [-0.4, -0.2) is 11.2 Å². The molecule has 0 radical (unpaired) electrons. The molecule has 0 aliphatic heterocycles. The van der Waals surface area contributed by atoms with Gasteiger partial charge in [-0.15, -0.1) is 0 Å². The number of aryl methyl sites for hydroxylation is 1. The Kier molecular flexibility index (Phi) is 2.64. The van der Waals surface area contributed by atoms with Gasteiger partial charge in [-0.25, -0.2) is 4.99 Å². The van der Waals surface area contributed by atoms with Crippen LogP contribution in [0.4, 0.5) is 5.82 Å². The van der Waals surface area contributed by atoms with Crippen molar-refractivity contribution in [2.75, 3.05) is 0 Å². The first-order valence-electron chi connectivity index (χ1n) is 3.75. The number of H-pyrrole nitrogens is 1. The highest BCUT2D eigenvalue weighted by Gasteiger charge is 2.01. The standard InChI is InChI=1S/C10H12N2/c1-4-6-11-10-9(5-2)8(3)7-12-10/h4-7,12H,1-2H2,3H3. The Bertz CT molecular complexity index is 319. The van der Waals surface area contributed by atoms with E-state index in [-0.39, 0.29) is 0 Å². The monoisotopic (exact) mass is 160 g/mol. The second-order valence-corrected chi connectivity index (χ2v) is 2.45. The zero-order valence-corrected chi connectivity index (χ0v) is 7.17. The van der Waals surface area contributed by atoms with Gasteiger partial charge in [-0.2, -0.15) is 0 Å². The first-order chi connectivity index (χ1) is 5.79. The highest BCUT2D eigenvalue weighted by atomic mass is 14.9. The van der Waals surface area contributed by atoms with Gasteiger partial charge in [-0.05, 0) is 12.5 Å². The summed E-state index contributed by atoms with van der Waals surface area (Å²) in [6, 6.07) is 0. The van der Waals surface area contributed by atoms with Gasteiger partial charge in [0.1, 0.15) is 5.82 Å². The maximum absolute atomic E-state index is 4.15. The van der Waals surface area contributed by atoms with Gasteiger partial charge in [0.25, 0.3) is 0 Å². The first-order valence-corrected chi connectivity index (χ1v) is 3.75. The van der Waals surface area contributed by atoms with Crippen molar-refractivity contribution in [3.8, 4) is 0 Å². The fraction of sp³-hybridized carbons (Fsp3) is 0.100. The van der Waals surface area contributed by atoms with Gasteiger partial charge in [0.2, 0.25) is 0 Å². The van der Waals surface area contributed by atoms with Gasteiger partial charge in [0.05, 0.1) is 0 Å². The molecule has 0 atom stereocenters. The van der Waals surface area contributed by atoms with Crippen molar-refractivity contribution in [1.82, 2.24) is 4.98 Å². The number of allylic oxidation sites excluding steroid dienone is 1.